The van der Waals surface area contributed by atoms with Crippen LogP contribution in [0.1, 0.15) is 11.1 Å². The molecule has 1 aromatic heterocycles. The van der Waals surface area contributed by atoms with Gasteiger partial charge < -0.3 is 15.0 Å². The summed E-state index contributed by atoms with van der Waals surface area (Å²) in [6.07, 6.45) is 3.69. The highest BCUT2D eigenvalue weighted by atomic mass is 16.5. The molecule has 2 rings (SSSR count). The van der Waals surface area contributed by atoms with E-state index in [1.807, 2.05) is 30.5 Å². The van der Waals surface area contributed by atoms with Gasteiger partial charge >= 0.3 is 0 Å². The lowest BCUT2D eigenvalue weighted by Crippen LogP contribution is -2.28. The second kappa shape index (κ2) is 8.39. The average Bonchev–Trinajstić information content (AvgIpc) is 2.53. The molecule has 21 heavy (non-hydrogen) atoms. The van der Waals surface area contributed by atoms with Gasteiger partial charge in [0, 0.05) is 44.1 Å². The molecule has 4 nitrogen and oxygen atoms in total. The monoisotopic (exact) mass is 285 g/mol. The Labute approximate surface area is 126 Å². The van der Waals surface area contributed by atoms with Crippen molar-refractivity contribution < 1.29 is 4.74 Å². The molecule has 1 heterocycles. The van der Waals surface area contributed by atoms with Gasteiger partial charge in [-0.25, -0.2) is 0 Å². The molecular formula is C17H23N3O. The van der Waals surface area contributed by atoms with E-state index < -0.39 is 0 Å². The summed E-state index contributed by atoms with van der Waals surface area (Å²) in [6, 6.07) is 12.2. The standard InChI is InChI=1S/C17H23N3O/c1-20(14-16-7-3-4-8-17(16)21-2)11-10-19-13-15-6-5-9-18-12-15/h3-9,12,19H,10-11,13-14H2,1-2H3. The fourth-order valence-corrected chi connectivity index (χ4v) is 2.21. The topological polar surface area (TPSA) is 37.4 Å². The zero-order valence-corrected chi connectivity index (χ0v) is 12.7. The molecule has 0 atom stereocenters. The number of rotatable bonds is 8. The fraction of sp³-hybridized carbons (Fsp3) is 0.353. The van der Waals surface area contributed by atoms with Crippen molar-refractivity contribution in [2.45, 2.75) is 13.1 Å². The number of pyridine rings is 1. The van der Waals surface area contributed by atoms with Crippen LogP contribution < -0.4 is 10.1 Å². The molecule has 0 unspecified atom stereocenters. The summed E-state index contributed by atoms with van der Waals surface area (Å²) in [4.78, 5) is 6.39. The maximum absolute atomic E-state index is 5.38. The molecule has 0 fully saturated rings. The minimum atomic E-state index is 0.857. The number of nitrogens with one attached hydrogen (secondary N) is 1. The van der Waals surface area contributed by atoms with Gasteiger partial charge in [-0.05, 0) is 24.7 Å². The first-order valence-electron chi connectivity index (χ1n) is 7.19. The Balaban J connectivity index is 1.71. The molecule has 1 N–H and O–H groups in total. The number of nitrogens with zero attached hydrogens (tertiary/aromatic N) is 2. The van der Waals surface area contributed by atoms with Crippen molar-refractivity contribution in [3.63, 3.8) is 0 Å². The summed E-state index contributed by atoms with van der Waals surface area (Å²) in [5.41, 5.74) is 2.43. The van der Waals surface area contributed by atoms with Crippen LogP contribution in [0.4, 0.5) is 0 Å². The van der Waals surface area contributed by atoms with Crippen LogP contribution in [0.25, 0.3) is 0 Å². The second-order valence-electron chi connectivity index (χ2n) is 5.09. The maximum atomic E-state index is 5.38. The van der Waals surface area contributed by atoms with E-state index in [0.717, 1.165) is 31.9 Å². The molecule has 0 aliphatic carbocycles. The maximum Gasteiger partial charge on any atom is 0.123 e. The summed E-state index contributed by atoms with van der Waals surface area (Å²) in [6.45, 7) is 3.67. The van der Waals surface area contributed by atoms with Gasteiger partial charge in [-0.2, -0.15) is 0 Å². The number of hydrogen-bond acceptors (Lipinski definition) is 4. The van der Waals surface area contributed by atoms with Crippen LogP contribution in [0.15, 0.2) is 48.8 Å². The number of likely N-dealkylation sites (N-methyl/N-ethyl adjacent to an activating group) is 1. The number of benzene rings is 1. The van der Waals surface area contributed by atoms with Crippen molar-refractivity contribution >= 4 is 0 Å². The molecule has 1 aromatic carbocycles. The highest BCUT2D eigenvalue weighted by Gasteiger charge is 2.05. The van der Waals surface area contributed by atoms with Gasteiger partial charge in [0.05, 0.1) is 7.11 Å². The van der Waals surface area contributed by atoms with Gasteiger partial charge in [0.25, 0.3) is 0 Å². The van der Waals surface area contributed by atoms with Gasteiger partial charge in [-0.1, -0.05) is 24.3 Å². The lowest BCUT2D eigenvalue weighted by molar-refractivity contribution is 0.315. The number of hydrogen-bond donors (Lipinski definition) is 1. The molecule has 112 valence electrons. The Morgan fingerprint density at radius 1 is 1.19 bits per heavy atom. The Hall–Kier alpha value is -1.91. The van der Waals surface area contributed by atoms with E-state index in [1.165, 1.54) is 11.1 Å². The second-order valence-corrected chi connectivity index (χ2v) is 5.09. The summed E-state index contributed by atoms with van der Waals surface area (Å²) < 4.78 is 5.38. The SMILES string of the molecule is COc1ccccc1CN(C)CCNCc1cccnc1. The molecule has 0 saturated carbocycles. The van der Waals surface area contributed by atoms with E-state index in [4.69, 9.17) is 4.74 Å². The van der Waals surface area contributed by atoms with Crippen molar-refractivity contribution in [2.75, 3.05) is 27.2 Å². The minimum Gasteiger partial charge on any atom is -0.496 e. The third kappa shape index (κ3) is 5.17. The molecule has 2 aromatic rings. The molecule has 0 radical (unpaired) electrons. The van der Waals surface area contributed by atoms with Gasteiger partial charge in [-0.15, -0.1) is 0 Å². The normalized spacial score (nSPS) is 10.8. The molecule has 0 spiro atoms. The minimum absolute atomic E-state index is 0.857. The van der Waals surface area contributed by atoms with Gasteiger partial charge in [0.15, 0.2) is 0 Å². The van der Waals surface area contributed by atoms with Crippen LogP contribution in [0.3, 0.4) is 0 Å². The first kappa shape index (κ1) is 15.5. The highest BCUT2D eigenvalue weighted by Crippen LogP contribution is 2.18. The first-order valence-corrected chi connectivity index (χ1v) is 7.19. The third-order valence-corrected chi connectivity index (χ3v) is 3.36. The van der Waals surface area contributed by atoms with Gasteiger partial charge in [0.1, 0.15) is 5.75 Å². The Morgan fingerprint density at radius 2 is 2.05 bits per heavy atom. The molecule has 4 heteroatoms. The molecule has 0 bridgehead atoms. The van der Waals surface area contributed by atoms with Crippen LogP contribution in [0.5, 0.6) is 5.75 Å². The average molecular weight is 285 g/mol. The number of aromatic nitrogens is 1. The smallest absolute Gasteiger partial charge is 0.123 e. The van der Waals surface area contributed by atoms with Crippen molar-refractivity contribution in [3.8, 4) is 5.75 Å². The van der Waals surface area contributed by atoms with E-state index in [0.29, 0.717) is 0 Å². The predicted octanol–water partition coefficient (Wildman–Crippen LogP) is 2.31. The lowest BCUT2D eigenvalue weighted by atomic mass is 10.2. The third-order valence-electron chi connectivity index (χ3n) is 3.36. The summed E-state index contributed by atoms with van der Waals surface area (Å²) in [5.74, 6) is 0.952. The summed E-state index contributed by atoms with van der Waals surface area (Å²) >= 11 is 0. The van der Waals surface area contributed by atoms with E-state index >= 15 is 0 Å². The van der Waals surface area contributed by atoms with Gasteiger partial charge in [-0.3, -0.25) is 4.98 Å². The van der Waals surface area contributed by atoms with E-state index in [-0.39, 0.29) is 0 Å². The molecule has 0 amide bonds. The van der Waals surface area contributed by atoms with Gasteiger partial charge in [0.2, 0.25) is 0 Å². The summed E-state index contributed by atoms with van der Waals surface area (Å²) in [5, 5.41) is 3.43. The van der Waals surface area contributed by atoms with E-state index in [9.17, 15) is 0 Å². The van der Waals surface area contributed by atoms with Crippen molar-refractivity contribution in [2.24, 2.45) is 0 Å². The summed E-state index contributed by atoms with van der Waals surface area (Å²) in [7, 11) is 3.84. The Bertz CT molecular complexity index is 531. The molecule has 0 aliphatic heterocycles. The molecule has 0 saturated heterocycles. The van der Waals surface area contributed by atoms with E-state index in [1.54, 1.807) is 13.3 Å². The number of methoxy groups -OCH3 is 1. The number of ether oxygens (including phenoxy) is 1. The van der Waals surface area contributed by atoms with Crippen LogP contribution in [0, 0.1) is 0 Å². The van der Waals surface area contributed by atoms with Crippen LogP contribution in [0.2, 0.25) is 0 Å². The van der Waals surface area contributed by atoms with Crippen LogP contribution in [-0.2, 0) is 13.1 Å². The predicted molar refractivity (Wildman–Crippen MR) is 85.3 cm³/mol. The quantitative estimate of drug-likeness (QED) is 0.755. The number of para-hydroxylation sites is 1. The molecule has 0 aliphatic rings. The van der Waals surface area contributed by atoms with E-state index in [2.05, 4.69) is 34.4 Å². The Kier molecular flexibility index (Phi) is 6.19. The largest absolute Gasteiger partial charge is 0.496 e. The molecular weight excluding hydrogens is 262 g/mol. The highest BCUT2D eigenvalue weighted by molar-refractivity contribution is 5.32. The lowest BCUT2D eigenvalue weighted by Gasteiger charge is -2.18. The van der Waals surface area contributed by atoms with Crippen molar-refractivity contribution in [3.05, 3.63) is 59.9 Å². The fourth-order valence-electron chi connectivity index (χ4n) is 2.21. The van der Waals surface area contributed by atoms with Crippen molar-refractivity contribution in [1.29, 1.82) is 0 Å². The van der Waals surface area contributed by atoms with Crippen LogP contribution >= 0.6 is 0 Å². The van der Waals surface area contributed by atoms with Crippen molar-refractivity contribution in [1.82, 2.24) is 15.2 Å². The zero-order valence-electron chi connectivity index (χ0n) is 12.7. The van der Waals surface area contributed by atoms with Crippen LogP contribution in [-0.4, -0.2) is 37.1 Å². The first-order chi connectivity index (χ1) is 10.3. The Morgan fingerprint density at radius 3 is 2.81 bits per heavy atom. The zero-order chi connectivity index (χ0) is 14.9.